The van der Waals surface area contributed by atoms with Crippen LogP contribution in [0, 0.1) is 11.8 Å². The number of nitrogens with one attached hydrogen (secondary N) is 1. The molecule has 4 nitrogen and oxygen atoms in total. The SMILES string of the molecule is O=C(O)CCCCCNC(=O)C1CCC(C(F)(F)F)CC1. The van der Waals surface area contributed by atoms with Gasteiger partial charge in [0, 0.05) is 18.9 Å². The lowest BCUT2D eigenvalue weighted by Crippen LogP contribution is -2.36. The van der Waals surface area contributed by atoms with E-state index in [0.717, 1.165) is 0 Å². The predicted octanol–water partition coefficient (Wildman–Crippen LogP) is 3.12. The largest absolute Gasteiger partial charge is 0.481 e. The highest BCUT2D eigenvalue weighted by molar-refractivity contribution is 5.78. The summed E-state index contributed by atoms with van der Waals surface area (Å²) < 4.78 is 37.5. The van der Waals surface area contributed by atoms with Gasteiger partial charge in [-0.15, -0.1) is 0 Å². The van der Waals surface area contributed by atoms with Crippen molar-refractivity contribution in [3.05, 3.63) is 0 Å². The molecule has 0 radical (unpaired) electrons. The third kappa shape index (κ3) is 6.82. The molecule has 0 spiro atoms. The fourth-order valence-electron chi connectivity index (χ4n) is 2.62. The monoisotopic (exact) mass is 309 g/mol. The van der Waals surface area contributed by atoms with Crippen LogP contribution in [-0.2, 0) is 9.59 Å². The number of hydrogen-bond acceptors (Lipinski definition) is 2. The third-order valence-corrected chi connectivity index (χ3v) is 3.93. The number of carboxylic acid groups (broad SMARTS) is 1. The normalized spacial score (nSPS) is 22.8. The molecule has 1 fully saturated rings. The summed E-state index contributed by atoms with van der Waals surface area (Å²) >= 11 is 0. The number of carbonyl (C=O) groups is 2. The highest BCUT2D eigenvalue weighted by Crippen LogP contribution is 2.39. The maximum absolute atomic E-state index is 12.5. The van der Waals surface area contributed by atoms with Gasteiger partial charge >= 0.3 is 12.1 Å². The smallest absolute Gasteiger partial charge is 0.391 e. The molecule has 0 atom stereocenters. The van der Waals surface area contributed by atoms with Crippen molar-refractivity contribution in [2.45, 2.75) is 57.5 Å². The van der Waals surface area contributed by atoms with Crippen molar-refractivity contribution in [3.63, 3.8) is 0 Å². The molecular formula is C14H22F3NO3. The second-order valence-electron chi connectivity index (χ2n) is 5.59. The quantitative estimate of drug-likeness (QED) is 0.710. The maximum atomic E-state index is 12.5. The van der Waals surface area contributed by atoms with Crippen LogP contribution in [0.3, 0.4) is 0 Å². The summed E-state index contributed by atoms with van der Waals surface area (Å²) in [5.41, 5.74) is 0. The summed E-state index contributed by atoms with van der Waals surface area (Å²) in [6, 6.07) is 0. The van der Waals surface area contributed by atoms with Crippen molar-refractivity contribution in [2.24, 2.45) is 11.8 Å². The van der Waals surface area contributed by atoms with E-state index in [1.807, 2.05) is 0 Å². The highest BCUT2D eigenvalue weighted by atomic mass is 19.4. The molecule has 0 heterocycles. The minimum atomic E-state index is -4.15. The molecule has 1 rings (SSSR count). The first-order valence-corrected chi connectivity index (χ1v) is 7.37. The fraction of sp³-hybridized carbons (Fsp3) is 0.857. The lowest BCUT2D eigenvalue weighted by atomic mass is 9.81. The molecule has 7 heteroatoms. The minimum Gasteiger partial charge on any atom is -0.481 e. The molecule has 0 saturated heterocycles. The molecule has 1 amide bonds. The van der Waals surface area contributed by atoms with E-state index in [0.29, 0.717) is 25.8 Å². The molecule has 2 N–H and O–H groups in total. The second-order valence-corrected chi connectivity index (χ2v) is 5.59. The van der Waals surface area contributed by atoms with Gasteiger partial charge in [0.25, 0.3) is 0 Å². The number of hydrogen-bond donors (Lipinski definition) is 2. The highest BCUT2D eigenvalue weighted by Gasteiger charge is 2.42. The first-order chi connectivity index (χ1) is 9.80. The van der Waals surface area contributed by atoms with E-state index >= 15 is 0 Å². The zero-order valence-corrected chi connectivity index (χ0v) is 11.9. The number of carboxylic acids is 1. The van der Waals surface area contributed by atoms with Gasteiger partial charge in [-0.2, -0.15) is 13.2 Å². The molecule has 0 aromatic carbocycles. The van der Waals surface area contributed by atoms with Gasteiger partial charge in [0.1, 0.15) is 0 Å². The Bertz CT molecular complexity index is 350. The van der Waals surface area contributed by atoms with Crippen LogP contribution in [0.5, 0.6) is 0 Å². The van der Waals surface area contributed by atoms with Crippen LogP contribution in [0.15, 0.2) is 0 Å². The zero-order valence-electron chi connectivity index (χ0n) is 11.9. The van der Waals surface area contributed by atoms with Crippen LogP contribution in [0.25, 0.3) is 0 Å². The molecule has 0 bridgehead atoms. The van der Waals surface area contributed by atoms with Crippen molar-refractivity contribution in [1.29, 1.82) is 0 Å². The maximum Gasteiger partial charge on any atom is 0.391 e. The van der Waals surface area contributed by atoms with Crippen LogP contribution in [-0.4, -0.2) is 29.7 Å². The Kier molecular flexibility index (Phi) is 6.98. The molecule has 1 aliphatic rings. The number of aliphatic carboxylic acids is 1. The third-order valence-electron chi connectivity index (χ3n) is 3.93. The van der Waals surface area contributed by atoms with Crippen LogP contribution in [0.4, 0.5) is 13.2 Å². The number of carbonyl (C=O) groups excluding carboxylic acids is 1. The topological polar surface area (TPSA) is 66.4 Å². The van der Waals surface area contributed by atoms with Crippen LogP contribution in [0.2, 0.25) is 0 Å². The molecule has 21 heavy (non-hydrogen) atoms. The van der Waals surface area contributed by atoms with Crippen LogP contribution in [0.1, 0.15) is 51.4 Å². The summed E-state index contributed by atoms with van der Waals surface area (Å²) in [5.74, 6) is -2.59. The lowest BCUT2D eigenvalue weighted by molar-refractivity contribution is -0.184. The molecule has 0 aromatic rings. The van der Waals surface area contributed by atoms with E-state index in [9.17, 15) is 22.8 Å². The predicted molar refractivity (Wildman–Crippen MR) is 70.6 cm³/mol. The van der Waals surface area contributed by atoms with Crippen LogP contribution < -0.4 is 5.32 Å². The van der Waals surface area contributed by atoms with Gasteiger partial charge in [-0.3, -0.25) is 9.59 Å². The standard InChI is InChI=1S/C14H22F3NO3/c15-14(16,17)11-7-5-10(6-8-11)13(21)18-9-3-1-2-4-12(19)20/h10-11H,1-9H2,(H,18,21)(H,19,20). The Labute approximate surface area is 122 Å². The first kappa shape index (κ1) is 17.8. The average Bonchev–Trinajstić information content (AvgIpc) is 2.41. The first-order valence-electron chi connectivity index (χ1n) is 7.37. The summed E-state index contributed by atoms with van der Waals surface area (Å²) in [5, 5.41) is 11.2. The van der Waals surface area contributed by atoms with Crippen molar-refractivity contribution >= 4 is 11.9 Å². The summed E-state index contributed by atoms with van der Waals surface area (Å²) in [4.78, 5) is 22.1. The van der Waals surface area contributed by atoms with E-state index < -0.39 is 18.1 Å². The van der Waals surface area contributed by atoms with E-state index in [-0.39, 0.29) is 43.9 Å². The van der Waals surface area contributed by atoms with Gasteiger partial charge in [0.15, 0.2) is 0 Å². The van der Waals surface area contributed by atoms with Crippen molar-refractivity contribution < 1.29 is 27.9 Å². The minimum absolute atomic E-state index is 0.0280. The van der Waals surface area contributed by atoms with E-state index in [1.54, 1.807) is 0 Å². The van der Waals surface area contributed by atoms with E-state index in [2.05, 4.69) is 5.32 Å². The Morgan fingerprint density at radius 2 is 1.67 bits per heavy atom. The van der Waals surface area contributed by atoms with Crippen LogP contribution >= 0.6 is 0 Å². The number of rotatable bonds is 7. The van der Waals surface area contributed by atoms with Crippen molar-refractivity contribution in [3.8, 4) is 0 Å². The van der Waals surface area contributed by atoms with Gasteiger partial charge in [-0.05, 0) is 38.5 Å². The van der Waals surface area contributed by atoms with E-state index in [1.165, 1.54) is 0 Å². The van der Waals surface area contributed by atoms with Gasteiger partial charge in [0.05, 0.1) is 5.92 Å². The number of alkyl halides is 3. The number of unbranched alkanes of at least 4 members (excludes halogenated alkanes) is 2. The Morgan fingerprint density at radius 3 is 2.19 bits per heavy atom. The molecule has 0 aromatic heterocycles. The average molecular weight is 309 g/mol. The molecule has 1 saturated carbocycles. The van der Waals surface area contributed by atoms with Gasteiger partial charge in [0.2, 0.25) is 5.91 Å². The molecule has 1 aliphatic carbocycles. The number of amides is 1. The van der Waals surface area contributed by atoms with Gasteiger partial charge in [-0.1, -0.05) is 6.42 Å². The van der Waals surface area contributed by atoms with E-state index in [4.69, 9.17) is 5.11 Å². The Morgan fingerprint density at radius 1 is 1.05 bits per heavy atom. The number of halogens is 3. The summed E-state index contributed by atoms with van der Waals surface area (Å²) in [6.45, 7) is 0.456. The van der Waals surface area contributed by atoms with Gasteiger partial charge < -0.3 is 10.4 Å². The van der Waals surface area contributed by atoms with Crippen molar-refractivity contribution in [1.82, 2.24) is 5.32 Å². The lowest BCUT2D eigenvalue weighted by Gasteiger charge is -2.29. The molecule has 0 unspecified atom stereocenters. The molecule has 0 aliphatic heterocycles. The Hall–Kier alpha value is -1.27. The Balaban J connectivity index is 2.13. The summed E-state index contributed by atoms with van der Waals surface area (Å²) in [7, 11) is 0. The zero-order chi connectivity index (χ0) is 15.9. The summed E-state index contributed by atoms with van der Waals surface area (Å²) in [6.07, 6.45) is -1.42. The second kappa shape index (κ2) is 8.24. The molecule has 122 valence electrons. The molecular weight excluding hydrogens is 287 g/mol. The fourth-order valence-corrected chi connectivity index (χ4v) is 2.62. The van der Waals surface area contributed by atoms with Gasteiger partial charge in [-0.25, -0.2) is 0 Å². The van der Waals surface area contributed by atoms with Crippen molar-refractivity contribution in [2.75, 3.05) is 6.54 Å².